The lowest BCUT2D eigenvalue weighted by molar-refractivity contribution is -0.383. The van der Waals surface area contributed by atoms with Crippen molar-refractivity contribution >= 4 is 16.5 Å². The van der Waals surface area contributed by atoms with E-state index >= 15 is 0 Å². The third-order valence-corrected chi connectivity index (χ3v) is 1.96. The smallest absolute Gasteiger partial charge is 0.277 e. The van der Waals surface area contributed by atoms with Crippen LogP contribution in [0.1, 0.15) is 0 Å². The van der Waals surface area contributed by atoms with E-state index in [1.54, 1.807) is 18.2 Å². The van der Waals surface area contributed by atoms with Gasteiger partial charge in [-0.25, -0.2) is 0 Å². The summed E-state index contributed by atoms with van der Waals surface area (Å²) in [5.74, 6) is 0. The summed E-state index contributed by atoms with van der Waals surface area (Å²) in [4.78, 5) is 10.3. The number of hydrogen-bond donors (Lipinski definition) is 1. The second-order valence-corrected chi connectivity index (χ2v) is 2.76. The van der Waals surface area contributed by atoms with Gasteiger partial charge in [-0.1, -0.05) is 30.3 Å². The quantitative estimate of drug-likeness (QED) is 0.354. The third kappa shape index (κ3) is 2.65. The second-order valence-electron chi connectivity index (χ2n) is 2.76. The van der Waals surface area contributed by atoms with Crippen LogP contribution >= 0.6 is 0 Å². The molecule has 0 aliphatic heterocycles. The average Bonchev–Trinajstić information content (AvgIpc) is 2.31. The Morgan fingerprint density at radius 1 is 1.06 bits per heavy atom. The minimum absolute atomic E-state index is 0. The summed E-state index contributed by atoms with van der Waals surface area (Å²) in [5, 5.41) is 23.2. The van der Waals surface area contributed by atoms with E-state index in [-0.39, 0.29) is 23.0 Å². The molecular weight excluding hydrogens is 230 g/mol. The summed E-state index contributed by atoms with van der Waals surface area (Å²) >= 11 is 0. The van der Waals surface area contributed by atoms with E-state index in [0.29, 0.717) is 5.39 Å². The maximum atomic E-state index is 10.6. The summed E-state index contributed by atoms with van der Waals surface area (Å²) in [7, 11) is 0. The summed E-state index contributed by atoms with van der Waals surface area (Å²) < 4.78 is 0. The van der Waals surface area contributed by atoms with Gasteiger partial charge in [0.1, 0.15) is 0 Å². The molecule has 0 unspecified atom stereocenters. The van der Waals surface area contributed by atoms with Gasteiger partial charge < -0.3 is 12.4 Å². The highest BCUT2D eigenvalue weighted by Crippen LogP contribution is 2.24. The molecular formula is C10H8ClN3O2. The molecule has 5 nitrogen and oxygen atoms in total. The zero-order valence-corrected chi connectivity index (χ0v) is 8.89. The van der Waals surface area contributed by atoms with Crippen molar-refractivity contribution < 1.29 is 22.7 Å². The van der Waals surface area contributed by atoms with Gasteiger partial charge in [0.25, 0.3) is 5.69 Å². The van der Waals surface area contributed by atoms with Crippen molar-refractivity contribution in [2.75, 3.05) is 0 Å². The Balaban J connectivity index is 0.000000711. The topological polar surface area (TPSA) is 90.7 Å². The SMILES string of the molecule is N#[NH+].O=[N+]([O-])c1cccc2ccccc12.[Cl-]. The molecule has 0 aliphatic carbocycles. The molecule has 2 aromatic carbocycles. The first kappa shape index (κ1) is 13.8. The van der Waals surface area contributed by atoms with E-state index in [1.165, 1.54) is 6.07 Å². The molecule has 2 rings (SSSR count). The van der Waals surface area contributed by atoms with Crippen molar-refractivity contribution in [3.05, 3.63) is 52.6 Å². The molecule has 82 valence electrons. The molecule has 6 heteroatoms. The number of nitro groups is 1. The molecule has 0 saturated carbocycles. The lowest BCUT2D eigenvalue weighted by Gasteiger charge is -1.97. The van der Waals surface area contributed by atoms with Gasteiger partial charge in [0, 0.05) is 6.07 Å². The van der Waals surface area contributed by atoms with Crippen LogP contribution in [0.4, 0.5) is 5.69 Å². The number of fused-ring (bicyclic) bond motifs is 1. The van der Waals surface area contributed by atoms with Gasteiger partial charge in [-0.2, -0.15) is 0 Å². The minimum Gasteiger partial charge on any atom is -1.00 e. The van der Waals surface area contributed by atoms with Crippen molar-refractivity contribution in [3.8, 4) is 0 Å². The van der Waals surface area contributed by atoms with E-state index in [1.807, 2.05) is 18.2 Å². The fourth-order valence-corrected chi connectivity index (χ4v) is 1.37. The van der Waals surface area contributed by atoms with E-state index < -0.39 is 0 Å². The van der Waals surface area contributed by atoms with Gasteiger partial charge in [-0.3, -0.25) is 10.1 Å². The van der Waals surface area contributed by atoms with E-state index in [0.717, 1.165) is 5.39 Å². The highest BCUT2D eigenvalue weighted by atomic mass is 35.5. The summed E-state index contributed by atoms with van der Waals surface area (Å²) in [6.45, 7) is 0. The Kier molecular flexibility index (Phi) is 5.46. The monoisotopic (exact) mass is 237 g/mol. The molecule has 0 atom stereocenters. The number of nitrogens with one attached hydrogen (secondary N) is 1. The van der Waals surface area contributed by atoms with Crippen LogP contribution < -0.4 is 17.8 Å². The number of diazo groups is 1. The predicted octanol–water partition coefficient (Wildman–Crippen LogP) is -1.97. The largest absolute Gasteiger partial charge is 1.00 e. The molecule has 0 bridgehead atoms. The summed E-state index contributed by atoms with van der Waals surface area (Å²) in [6, 6.07) is 12.4. The van der Waals surface area contributed by atoms with Gasteiger partial charge in [-0.15, -0.1) is 0 Å². The predicted molar refractivity (Wildman–Crippen MR) is 53.3 cm³/mol. The Morgan fingerprint density at radius 2 is 1.62 bits per heavy atom. The van der Waals surface area contributed by atoms with Crippen LogP contribution in [0.3, 0.4) is 0 Å². The normalized spacial score (nSPS) is 8.38. The maximum absolute atomic E-state index is 10.6. The standard InChI is InChI=1S/C10H7NO2.ClH.N2/c12-11(13)10-7-3-5-8-4-1-2-6-9(8)10;;1-2/h1-7H;1H;. The van der Waals surface area contributed by atoms with Crippen LogP contribution in [0.5, 0.6) is 0 Å². The van der Waals surface area contributed by atoms with Gasteiger partial charge in [0.05, 0.1) is 15.7 Å². The minimum atomic E-state index is -0.359. The molecule has 0 aromatic heterocycles. The molecule has 0 saturated heterocycles. The van der Waals surface area contributed by atoms with Crippen molar-refractivity contribution in [1.29, 1.82) is 5.39 Å². The van der Waals surface area contributed by atoms with Gasteiger partial charge in [0.15, 0.2) is 0 Å². The maximum Gasteiger partial charge on any atom is 0.277 e. The van der Waals surface area contributed by atoms with Crippen molar-refractivity contribution in [2.24, 2.45) is 0 Å². The van der Waals surface area contributed by atoms with E-state index in [4.69, 9.17) is 10.8 Å². The van der Waals surface area contributed by atoms with Crippen LogP contribution in [0.15, 0.2) is 42.5 Å². The molecule has 0 heterocycles. The number of nitro benzene ring substituents is 1. The zero-order chi connectivity index (χ0) is 11.3. The number of rotatable bonds is 1. The Labute approximate surface area is 97.7 Å². The number of benzene rings is 2. The number of non-ortho nitro benzene ring substituents is 1. The zero-order valence-electron chi connectivity index (χ0n) is 8.13. The lowest BCUT2D eigenvalue weighted by atomic mass is 10.1. The number of nitrogens with zero attached hydrogens (tertiary/aromatic N) is 2. The van der Waals surface area contributed by atoms with Crippen LogP contribution in [0.2, 0.25) is 0 Å². The van der Waals surface area contributed by atoms with Gasteiger partial charge in [0.2, 0.25) is 5.39 Å². The molecule has 0 radical (unpaired) electrons. The van der Waals surface area contributed by atoms with Crippen molar-refractivity contribution in [2.45, 2.75) is 0 Å². The van der Waals surface area contributed by atoms with Crippen LogP contribution in [0.25, 0.3) is 10.8 Å². The molecule has 0 fully saturated rings. The van der Waals surface area contributed by atoms with Crippen molar-refractivity contribution in [3.63, 3.8) is 0 Å². The first-order chi connectivity index (χ1) is 7.29. The highest BCUT2D eigenvalue weighted by Gasteiger charge is 2.08. The fraction of sp³-hybridized carbons (Fsp3) is 0. The highest BCUT2D eigenvalue weighted by molar-refractivity contribution is 5.90. The van der Waals surface area contributed by atoms with E-state index in [2.05, 4.69) is 0 Å². The number of halogens is 1. The van der Waals surface area contributed by atoms with E-state index in [9.17, 15) is 10.1 Å². The van der Waals surface area contributed by atoms with Crippen LogP contribution in [0, 0.1) is 15.5 Å². The molecule has 16 heavy (non-hydrogen) atoms. The number of hydrogen-bond acceptors (Lipinski definition) is 3. The molecule has 0 spiro atoms. The van der Waals surface area contributed by atoms with Crippen molar-refractivity contribution in [1.82, 2.24) is 0 Å². The van der Waals surface area contributed by atoms with Crippen LogP contribution in [-0.2, 0) is 0 Å². The second kappa shape index (κ2) is 6.32. The summed E-state index contributed by atoms with van der Waals surface area (Å²) in [6.07, 6.45) is 0. The first-order valence-electron chi connectivity index (χ1n) is 4.13. The first-order valence-corrected chi connectivity index (χ1v) is 4.13. The Hall–Kier alpha value is -2.19. The fourth-order valence-electron chi connectivity index (χ4n) is 1.37. The Bertz CT molecular complexity index is 508. The van der Waals surface area contributed by atoms with Gasteiger partial charge >= 0.3 is 0 Å². The molecule has 2 aromatic rings. The van der Waals surface area contributed by atoms with Crippen LogP contribution in [-0.4, -0.2) is 4.92 Å². The molecule has 0 aliphatic rings. The Morgan fingerprint density at radius 3 is 2.25 bits per heavy atom. The summed E-state index contributed by atoms with van der Waals surface area (Å²) in [5.41, 5.74) is 0.165. The molecule has 1 N–H and O–H groups in total. The average molecular weight is 238 g/mol. The van der Waals surface area contributed by atoms with Gasteiger partial charge in [-0.05, 0) is 11.5 Å². The lowest BCUT2D eigenvalue weighted by Crippen LogP contribution is -3.00. The molecule has 0 amide bonds. The third-order valence-electron chi connectivity index (χ3n) is 1.96.